The van der Waals surface area contributed by atoms with E-state index in [1.165, 1.54) is 71.0 Å². The van der Waals surface area contributed by atoms with Crippen LogP contribution in [-0.4, -0.2) is 0 Å². The molecule has 14 aliphatic rings. The van der Waals surface area contributed by atoms with E-state index in [1.54, 1.807) is 32.1 Å². The van der Waals surface area contributed by atoms with Crippen molar-refractivity contribution in [3.8, 4) is 0 Å². The standard InChI is InChI=1S/C24H22/c1-2-7-13-15-11-4-8-9-5-12-16-14-10-3-6(1)18(10)17(7)21(13)22(14,18)24(16)20(9,12)19(8,11)23(15,21)24/h6-17H,1-5H2. The Morgan fingerprint density at radius 1 is 0.542 bits per heavy atom. The molecule has 0 saturated heterocycles. The molecule has 0 aliphatic heterocycles. The van der Waals surface area contributed by atoms with Crippen LogP contribution in [0.3, 0.4) is 0 Å². The summed E-state index contributed by atoms with van der Waals surface area (Å²) in [7, 11) is 0. The SMILES string of the molecule is C1CC2CC3C4C5C6CC7C8CC9C%10C%11C1C1C23C42C%111C%101C89C76C521. The fourth-order valence-electron chi connectivity index (χ4n) is 20.8. The summed E-state index contributed by atoms with van der Waals surface area (Å²) in [6.45, 7) is 0. The molecule has 24 heavy (non-hydrogen) atoms. The predicted octanol–water partition coefficient (Wildman–Crippen LogP) is 3.43. The summed E-state index contributed by atoms with van der Waals surface area (Å²) in [6, 6.07) is 0. The molecule has 0 aromatic heterocycles. The van der Waals surface area contributed by atoms with Crippen molar-refractivity contribution < 1.29 is 0 Å². The van der Waals surface area contributed by atoms with E-state index in [2.05, 4.69) is 0 Å². The highest BCUT2D eigenvalue weighted by Crippen LogP contribution is 3.40. The Kier molecular flexibility index (Phi) is 0.624. The fourth-order valence-corrected chi connectivity index (χ4v) is 20.8. The van der Waals surface area contributed by atoms with E-state index in [9.17, 15) is 0 Å². The second-order valence-corrected chi connectivity index (χ2v) is 14.2. The molecular weight excluding hydrogens is 288 g/mol. The van der Waals surface area contributed by atoms with Crippen LogP contribution in [0.2, 0.25) is 0 Å². The lowest BCUT2D eigenvalue weighted by molar-refractivity contribution is -0.944. The molecule has 118 valence electrons. The summed E-state index contributed by atoms with van der Waals surface area (Å²) >= 11 is 0. The van der Waals surface area contributed by atoms with Crippen LogP contribution >= 0.6 is 0 Å². The van der Waals surface area contributed by atoms with Crippen LogP contribution in [-0.2, 0) is 0 Å². The largest absolute Gasteiger partial charge is 0.0496 e. The normalized spacial score (nSPS) is 115. The molecule has 0 N–H and O–H groups in total. The Morgan fingerprint density at radius 2 is 1.29 bits per heavy atom. The maximum Gasteiger partial charge on any atom is -0.00542 e. The van der Waals surface area contributed by atoms with Gasteiger partial charge in [-0.2, -0.15) is 0 Å². The lowest BCUT2D eigenvalue weighted by atomic mass is 8.63. The van der Waals surface area contributed by atoms with E-state index in [0.717, 1.165) is 37.9 Å². The van der Waals surface area contributed by atoms with Crippen LogP contribution in [0.15, 0.2) is 0 Å². The lowest BCUT2D eigenvalue weighted by Crippen LogP contribution is -3.37. The van der Waals surface area contributed by atoms with E-state index in [-0.39, 0.29) is 0 Å². The van der Waals surface area contributed by atoms with Gasteiger partial charge in [0, 0.05) is 0 Å². The molecule has 19 unspecified atom stereocenters. The molecule has 19 atom stereocenters. The average Bonchev–Trinajstić information content (AvgIpc) is 2.47. The van der Waals surface area contributed by atoms with Gasteiger partial charge >= 0.3 is 0 Å². The summed E-state index contributed by atoms with van der Waals surface area (Å²) in [5, 5.41) is 0. The van der Waals surface area contributed by atoms with E-state index in [0.29, 0.717) is 0 Å². The zero-order valence-corrected chi connectivity index (χ0v) is 14.0. The molecule has 0 radical (unpaired) electrons. The number of hydrogen-bond donors (Lipinski definition) is 0. The minimum absolute atomic E-state index is 1.06. The zero-order valence-electron chi connectivity index (χ0n) is 14.0. The third-order valence-corrected chi connectivity index (χ3v) is 17.7. The van der Waals surface area contributed by atoms with Crippen LogP contribution in [0.5, 0.6) is 0 Å². The van der Waals surface area contributed by atoms with Gasteiger partial charge in [-0.15, -0.1) is 0 Å². The Hall–Kier alpha value is 0. The van der Waals surface area contributed by atoms with Gasteiger partial charge in [0.25, 0.3) is 0 Å². The molecule has 0 amide bonds. The van der Waals surface area contributed by atoms with Crippen molar-refractivity contribution in [2.75, 3.05) is 0 Å². The first-order valence-electron chi connectivity index (χ1n) is 11.9. The van der Waals surface area contributed by atoms with E-state index < -0.39 is 0 Å². The summed E-state index contributed by atoms with van der Waals surface area (Å²) in [5.74, 6) is 15.9. The summed E-state index contributed by atoms with van der Waals surface area (Å²) in [6.07, 6.45) is 8.66. The van der Waals surface area contributed by atoms with Crippen molar-refractivity contribution >= 4 is 0 Å². The maximum atomic E-state index is 1.75. The molecule has 0 heteroatoms. The first kappa shape index (κ1) is 9.27. The zero-order chi connectivity index (χ0) is 14.0. The van der Waals surface area contributed by atoms with Gasteiger partial charge in [-0.05, 0) is 141 Å². The van der Waals surface area contributed by atoms with Crippen molar-refractivity contribution in [1.29, 1.82) is 0 Å². The quantitative estimate of drug-likeness (QED) is 0.643. The van der Waals surface area contributed by atoms with E-state index in [1.807, 2.05) is 0 Å². The second-order valence-electron chi connectivity index (χ2n) is 14.2. The molecule has 0 heterocycles. The van der Waals surface area contributed by atoms with Crippen molar-refractivity contribution in [2.45, 2.75) is 32.1 Å². The molecule has 0 aromatic rings. The first-order chi connectivity index (χ1) is 11.9. The molecule has 14 fully saturated rings. The molecule has 14 rings (SSSR count). The molecule has 0 nitrogen and oxygen atoms in total. The molecule has 14 aliphatic carbocycles. The Labute approximate surface area is 141 Å². The molecule has 0 bridgehead atoms. The van der Waals surface area contributed by atoms with Crippen LogP contribution in [0.1, 0.15) is 32.1 Å². The van der Waals surface area contributed by atoms with Gasteiger partial charge in [0.15, 0.2) is 0 Å². The second kappa shape index (κ2) is 1.62. The summed E-state index contributed by atoms with van der Waals surface area (Å²) < 4.78 is 0. The third-order valence-electron chi connectivity index (χ3n) is 17.7. The van der Waals surface area contributed by atoms with Crippen LogP contribution in [0.25, 0.3) is 0 Å². The third kappa shape index (κ3) is 0.260. The molecule has 7 spiro atoms. The highest BCUT2D eigenvalue weighted by atomic mass is 15.4. The van der Waals surface area contributed by atoms with Gasteiger partial charge < -0.3 is 0 Å². The molecule has 14 saturated carbocycles. The van der Waals surface area contributed by atoms with Crippen molar-refractivity contribution in [3.63, 3.8) is 0 Å². The Balaban J connectivity index is 1.24. The molecular formula is C24H22. The van der Waals surface area contributed by atoms with Gasteiger partial charge in [0.1, 0.15) is 0 Å². The van der Waals surface area contributed by atoms with Crippen molar-refractivity contribution in [3.05, 3.63) is 0 Å². The highest BCUT2D eigenvalue weighted by Gasteiger charge is 3.38. The summed E-state index contributed by atoms with van der Waals surface area (Å²) in [5.41, 5.74) is 7.65. The molecule has 0 aromatic carbocycles. The maximum absolute atomic E-state index is 1.75. The van der Waals surface area contributed by atoms with Gasteiger partial charge in [0.2, 0.25) is 0 Å². The smallest absolute Gasteiger partial charge is 0.00542 e. The van der Waals surface area contributed by atoms with Crippen molar-refractivity contribution in [1.82, 2.24) is 0 Å². The number of fused-ring (bicyclic) bond motifs is 7. The Morgan fingerprint density at radius 3 is 2.17 bits per heavy atom. The average molecular weight is 310 g/mol. The van der Waals surface area contributed by atoms with Gasteiger partial charge in [-0.3, -0.25) is 0 Å². The first-order valence-corrected chi connectivity index (χ1v) is 11.9. The van der Waals surface area contributed by atoms with E-state index >= 15 is 0 Å². The lowest BCUT2D eigenvalue weighted by Gasteiger charge is -3.40. The minimum Gasteiger partial charge on any atom is -0.0496 e. The van der Waals surface area contributed by atoms with Crippen LogP contribution < -0.4 is 0 Å². The predicted molar refractivity (Wildman–Crippen MR) is 82.0 cm³/mol. The monoisotopic (exact) mass is 310 g/mol. The van der Waals surface area contributed by atoms with Crippen LogP contribution in [0.4, 0.5) is 0 Å². The topological polar surface area (TPSA) is 0 Å². The minimum atomic E-state index is 1.06. The highest BCUT2D eigenvalue weighted by molar-refractivity contribution is 5.83. The number of rotatable bonds is 0. The summed E-state index contributed by atoms with van der Waals surface area (Å²) in [4.78, 5) is 0. The van der Waals surface area contributed by atoms with Gasteiger partial charge in [-0.25, -0.2) is 0 Å². The van der Waals surface area contributed by atoms with Crippen molar-refractivity contribution in [2.24, 2.45) is 109 Å². The van der Waals surface area contributed by atoms with Crippen LogP contribution in [0, 0.1) is 109 Å². The van der Waals surface area contributed by atoms with Gasteiger partial charge in [0.05, 0.1) is 0 Å². The van der Waals surface area contributed by atoms with E-state index in [4.69, 9.17) is 0 Å². The fraction of sp³-hybridized carbons (Fsp3) is 1.00. The Bertz CT molecular complexity index is 1020. The van der Waals surface area contributed by atoms with Gasteiger partial charge in [-0.1, -0.05) is 0 Å². The number of hydrogen-bond acceptors (Lipinski definition) is 0.